The van der Waals surface area contributed by atoms with Gasteiger partial charge in [-0.1, -0.05) is 11.6 Å². The molecular formula is C14H14ClFN2O2. The van der Waals surface area contributed by atoms with Crippen LogP contribution in [-0.2, 0) is 6.54 Å². The highest BCUT2D eigenvalue weighted by Crippen LogP contribution is 2.30. The minimum atomic E-state index is -0.359. The van der Waals surface area contributed by atoms with Crippen molar-refractivity contribution in [3.63, 3.8) is 0 Å². The van der Waals surface area contributed by atoms with Gasteiger partial charge in [0.05, 0.1) is 31.5 Å². The number of aromatic nitrogens is 1. The topological polar surface area (TPSA) is 43.4 Å². The van der Waals surface area contributed by atoms with Crippen LogP contribution in [0.2, 0.25) is 5.02 Å². The lowest BCUT2D eigenvalue weighted by atomic mass is 10.2. The second-order valence-electron chi connectivity index (χ2n) is 3.97. The van der Waals surface area contributed by atoms with E-state index in [4.69, 9.17) is 21.1 Å². The van der Waals surface area contributed by atoms with E-state index in [0.717, 1.165) is 0 Å². The molecule has 0 aliphatic heterocycles. The van der Waals surface area contributed by atoms with Crippen molar-refractivity contribution in [2.45, 2.75) is 6.54 Å². The van der Waals surface area contributed by atoms with Crippen LogP contribution in [0.3, 0.4) is 0 Å². The third kappa shape index (κ3) is 3.11. The molecule has 2 rings (SSSR count). The summed E-state index contributed by atoms with van der Waals surface area (Å²) in [6.07, 6.45) is 1.62. The predicted molar refractivity (Wildman–Crippen MR) is 76.1 cm³/mol. The Morgan fingerprint density at radius 1 is 1.25 bits per heavy atom. The monoisotopic (exact) mass is 296 g/mol. The van der Waals surface area contributed by atoms with Crippen molar-refractivity contribution < 1.29 is 13.9 Å². The highest BCUT2D eigenvalue weighted by molar-refractivity contribution is 6.33. The summed E-state index contributed by atoms with van der Waals surface area (Å²) in [4.78, 5) is 4.22. The second kappa shape index (κ2) is 6.43. The Bertz CT molecular complexity index is 608. The number of benzene rings is 1. The molecule has 0 radical (unpaired) electrons. The second-order valence-corrected chi connectivity index (χ2v) is 4.38. The molecule has 0 amide bonds. The number of hydrogen-bond donors (Lipinski definition) is 1. The van der Waals surface area contributed by atoms with E-state index in [9.17, 15) is 4.39 Å². The average molecular weight is 297 g/mol. The molecule has 106 valence electrons. The molecule has 2 aromatic rings. The SMILES string of the molecule is COc1ccnc(CNc2cc(F)ccc2Cl)c1OC. The molecule has 1 N–H and O–H groups in total. The van der Waals surface area contributed by atoms with Crippen molar-refractivity contribution in [2.24, 2.45) is 0 Å². The number of ether oxygens (including phenoxy) is 2. The first-order valence-electron chi connectivity index (χ1n) is 5.90. The zero-order chi connectivity index (χ0) is 14.5. The van der Waals surface area contributed by atoms with Crippen LogP contribution < -0.4 is 14.8 Å². The molecule has 4 nitrogen and oxygen atoms in total. The summed E-state index contributed by atoms with van der Waals surface area (Å²) >= 11 is 5.99. The average Bonchev–Trinajstić information content (AvgIpc) is 2.47. The number of nitrogens with zero attached hydrogens (tertiary/aromatic N) is 1. The van der Waals surface area contributed by atoms with Gasteiger partial charge in [-0.05, 0) is 18.2 Å². The molecule has 20 heavy (non-hydrogen) atoms. The lowest BCUT2D eigenvalue weighted by Crippen LogP contribution is -2.05. The summed E-state index contributed by atoms with van der Waals surface area (Å²) in [5.74, 6) is 0.766. The number of anilines is 1. The molecule has 0 saturated heterocycles. The zero-order valence-electron chi connectivity index (χ0n) is 11.1. The fraction of sp³-hybridized carbons (Fsp3) is 0.214. The number of hydrogen-bond acceptors (Lipinski definition) is 4. The number of nitrogens with one attached hydrogen (secondary N) is 1. The van der Waals surface area contributed by atoms with Crippen LogP contribution in [0, 0.1) is 5.82 Å². The molecule has 0 aliphatic rings. The van der Waals surface area contributed by atoms with Gasteiger partial charge in [-0.3, -0.25) is 4.98 Å². The first-order chi connectivity index (χ1) is 9.65. The molecule has 0 unspecified atom stereocenters. The van der Waals surface area contributed by atoms with Gasteiger partial charge in [-0.15, -0.1) is 0 Å². The van der Waals surface area contributed by atoms with E-state index in [-0.39, 0.29) is 5.82 Å². The van der Waals surface area contributed by atoms with Gasteiger partial charge in [-0.25, -0.2) is 4.39 Å². The predicted octanol–water partition coefficient (Wildman–Crippen LogP) is 3.50. The molecule has 0 saturated carbocycles. The molecular weight excluding hydrogens is 283 g/mol. The summed E-state index contributed by atoms with van der Waals surface area (Å²) < 4.78 is 23.6. The minimum Gasteiger partial charge on any atom is -0.493 e. The molecule has 1 aromatic carbocycles. The summed E-state index contributed by atoms with van der Waals surface area (Å²) in [5, 5.41) is 3.46. The molecule has 0 fully saturated rings. The Hall–Kier alpha value is -2.01. The van der Waals surface area contributed by atoms with Crippen LogP contribution in [0.5, 0.6) is 11.5 Å². The van der Waals surface area contributed by atoms with Crippen molar-refractivity contribution in [3.05, 3.63) is 47.0 Å². The molecule has 0 bridgehead atoms. The summed E-state index contributed by atoms with van der Waals surface area (Å²) in [5.41, 5.74) is 1.14. The van der Waals surface area contributed by atoms with Gasteiger partial charge in [0, 0.05) is 12.3 Å². The van der Waals surface area contributed by atoms with E-state index in [1.54, 1.807) is 19.4 Å². The highest BCUT2D eigenvalue weighted by Gasteiger charge is 2.11. The Kier molecular flexibility index (Phi) is 4.63. The minimum absolute atomic E-state index is 0.337. The van der Waals surface area contributed by atoms with Crippen LogP contribution in [0.1, 0.15) is 5.69 Å². The van der Waals surface area contributed by atoms with Crippen LogP contribution in [0.15, 0.2) is 30.5 Å². The summed E-state index contributed by atoms with van der Waals surface area (Å²) in [6.45, 7) is 0.337. The van der Waals surface area contributed by atoms with Gasteiger partial charge in [0.15, 0.2) is 11.5 Å². The summed E-state index contributed by atoms with van der Waals surface area (Å²) in [6, 6.07) is 5.83. The van der Waals surface area contributed by atoms with E-state index >= 15 is 0 Å². The van der Waals surface area contributed by atoms with Crippen LogP contribution in [0.4, 0.5) is 10.1 Å². The van der Waals surface area contributed by atoms with Crippen LogP contribution >= 0.6 is 11.6 Å². The van der Waals surface area contributed by atoms with E-state index in [1.165, 1.54) is 25.3 Å². The van der Waals surface area contributed by atoms with E-state index < -0.39 is 0 Å². The smallest absolute Gasteiger partial charge is 0.184 e. The maximum Gasteiger partial charge on any atom is 0.184 e. The van der Waals surface area contributed by atoms with E-state index in [1.807, 2.05) is 0 Å². The fourth-order valence-electron chi connectivity index (χ4n) is 1.79. The van der Waals surface area contributed by atoms with Crippen LogP contribution in [-0.4, -0.2) is 19.2 Å². The highest BCUT2D eigenvalue weighted by atomic mass is 35.5. The van der Waals surface area contributed by atoms with E-state index in [0.29, 0.717) is 34.4 Å². The van der Waals surface area contributed by atoms with Crippen molar-refractivity contribution in [2.75, 3.05) is 19.5 Å². The van der Waals surface area contributed by atoms with Crippen molar-refractivity contribution >= 4 is 17.3 Å². The zero-order valence-corrected chi connectivity index (χ0v) is 11.9. The molecule has 0 spiro atoms. The molecule has 0 atom stereocenters. The van der Waals surface area contributed by atoms with Gasteiger partial charge < -0.3 is 14.8 Å². The van der Waals surface area contributed by atoms with Gasteiger partial charge in [0.1, 0.15) is 11.5 Å². The van der Waals surface area contributed by atoms with E-state index in [2.05, 4.69) is 10.3 Å². The number of pyridine rings is 1. The lowest BCUT2D eigenvalue weighted by Gasteiger charge is -2.13. The first-order valence-corrected chi connectivity index (χ1v) is 6.28. The number of rotatable bonds is 5. The Morgan fingerprint density at radius 3 is 2.75 bits per heavy atom. The lowest BCUT2D eigenvalue weighted by molar-refractivity contribution is 0.350. The fourth-order valence-corrected chi connectivity index (χ4v) is 1.97. The molecule has 6 heteroatoms. The van der Waals surface area contributed by atoms with Crippen molar-refractivity contribution in [3.8, 4) is 11.5 Å². The van der Waals surface area contributed by atoms with Crippen molar-refractivity contribution in [1.29, 1.82) is 0 Å². The van der Waals surface area contributed by atoms with Crippen molar-refractivity contribution in [1.82, 2.24) is 4.98 Å². The Morgan fingerprint density at radius 2 is 2.05 bits per heavy atom. The quantitative estimate of drug-likeness (QED) is 0.917. The Balaban J connectivity index is 2.20. The third-order valence-electron chi connectivity index (χ3n) is 2.74. The van der Waals surface area contributed by atoms with Crippen LogP contribution in [0.25, 0.3) is 0 Å². The van der Waals surface area contributed by atoms with Gasteiger partial charge >= 0.3 is 0 Å². The largest absolute Gasteiger partial charge is 0.493 e. The number of methoxy groups -OCH3 is 2. The Labute approximate surface area is 121 Å². The maximum atomic E-state index is 13.2. The van der Waals surface area contributed by atoms with Gasteiger partial charge in [0.25, 0.3) is 0 Å². The number of halogens is 2. The first kappa shape index (κ1) is 14.4. The summed E-state index contributed by atoms with van der Waals surface area (Å²) in [7, 11) is 3.09. The molecule has 1 aromatic heterocycles. The third-order valence-corrected chi connectivity index (χ3v) is 3.07. The normalized spacial score (nSPS) is 10.2. The van der Waals surface area contributed by atoms with Gasteiger partial charge in [-0.2, -0.15) is 0 Å². The maximum absolute atomic E-state index is 13.2. The standard InChI is InChI=1S/C14H14ClFN2O2/c1-19-13-5-6-17-12(14(13)20-2)8-18-11-7-9(16)3-4-10(11)15/h3-7,18H,8H2,1-2H3. The van der Waals surface area contributed by atoms with Gasteiger partial charge in [0.2, 0.25) is 0 Å². The molecule has 1 heterocycles. The molecule has 0 aliphatic carbocycles.